The summed E-state index contributed by atoms with van der Waals surface area (Å²) in [5, 5.41) is 11.6. The largest absolute Gasteiger partial charge is 0.455 e. The van der Waals surface area contributed by atoms with Gasteiger partial charge >= 0.3 is 0 Å². The highest BCUT2D eigenvalue weighted by atomic mass is 127. The molecule has 1 heterocycles. The summed E-state index contributed by atoms with van der Waals surface area (Å²) in [6.45, 7) is 0. The predicted octanol–water partition coefficient (Wildman–Crippen LogP) is 4.61. The number of nitro groups is 1. The van der Waals surface area contributed by atoms with E-state index in [-0.39, 0.29) is 5.69 Å². The molecule has 0 aliphatic rings. The molecule has 2 aromatic carbocycles. The Balaban J connectivity index is 2.24. The summed E-state index contributed by atoms with van der Waals surface area (Å²) < 4.78 is 6.68. The van der Waals surface area contributed by atoms with E-state index in [1.807, 2.05) is 30.3 Å². The topological polar surface area (TPSA) is 56.3 Å². The van der Waals surface area contributed by atoms with Crippen molar-refractivity contribution in [3.05, 3.63) is 62.2 Å². The van der Waals surface area contributed by atoms with Crippen LogP contribution < -0.4 is 0 Å². The molecule has 4 nitrogen and oxygen atoms in total. The van der Waals surface area contributed by atoms with Gasteiger partial charge in [0.2, 0.25) is 0 Å². The van der Waals surface area contributed by atoms with Crippen molar-refractivity contribution < 1.29 is 9.34 Å². The minimum Gasteiger partial charge on any atom is -0.455 e. The van der Waals surface area contributed by atoms with Crippen molar-refractivity contribution in [3.8, 4) is 11.3 Å². The lowest BCUT2D eigenvalue weighted by Gasteiger charge is -1.95. The second kappa shape index (κ2) is 4.65. The summed E-state index contributed by atoms with van der Waals surface area (Å²) in [6, 6.07) is 14.3. The van der Waals surface area contributed by atoms with E-state index in [0.29, 0.717) is 5.58 Å². The number of fused-ring (bicyclic) bond motifs is 1. The van der Waals surface area contributed by atoms with Crippen molar-refractivity contribution in [2.24, 2.45) is 0 Å². The average Bonchev–Trinajstić information content (AvgIpc) is 2.77. The Labute approximate surface area is 122 Å². The molecule has 0 amide bonds. The Morgan fingerprint density at radius 2 is 1.84 bits per heavy atom. The summed E-state index contributed by atoms with van der Waals surface area (Å²) in [6.07, 6.45) is 0. The van der Waals surface area contributed by atoms with E-state index in [0.717, 1.165) is 20.3 Å². The second-order valence-corrected chi connectivity index (χ2v) is 5.13. The Bertz CT molecular complexity index is 765. The van der Waals surface area contributed by atoms with Crippen LogP contribution in [-0.2, 0) is 0 Å². The normalized spacial score (nSPS) is 10.8. The van der Waals surface area contributed by atoms with Crippen molar-refractivity contribution in [2.75, 3.05) is 0 Å². The highest BCUT2D eigenvalue weighted by molar-refractivity contribution is 14.1. The number of hydrogen-bond donors (Lipinski definition) is 0. The van der Waals surface area contributed by atoms with Gasteiger partial charge in [0.1, 0.15) is 11.3 Å². The number of halogens is 1. The zero-order valence-electron chi connectivity index (χ0n) is 9.67. The minimum absolute atomic E-state index is 0.0748. The molecule has 0 saturated carbocycles. The molecule has 0 radical (unpaired) electrons. The molecule has 5 heteroatoms. The maximum Gasteiger partial charge on any atom is 0.270 e. The third kappa shape index (κ3) is 2.10. The first-order valence-electron chi connectivity index (χ1n) is 5.58. The first-order chi connectivity index (χ1) is 9.16. The van der Waals surface area contributed by atoms with Crippen LogP contribution in [0.4, 0.5) is 5.69 Å². The molecular weight excluding hydrogens is 357 g/mol. The Hall–Kier alpha value is -1.89. The zero-order valence-corrected chi connectivity index (χ0v) is 11.8. The van der Waals surface area contributed by atoms with Crippen molar-refractivity contribution in [1.82, 2.24) is 0 Å². The lowest BCUT2D eigenvalue weighted by Crippen LogP contribution is -1.86. The van der Waals surface area contributed by atoms with Gasteiger partial charge < -0.3 is 4.42 Å². The van der Waals surface area contributed by atoms with Gasteiger partial charge in [-0.3, -0.25) is 10.1 Å². The van der Waals surface area contributed by atoms with E-state index in [1.165, 1.54) is 6.07 Å². The van der Waals surface area contributed by atoms with Gasteiger partial charge in [-0.05, 0) is 28.7 Å². The van der Waals surface area contributed by atoms with Crippen LogP contribution in [0, 0.1) is 13.7 Å². The van der Waals surface area contributed by atoms with Crippen LogP contribution in [0.1, 0.15) is 0 Å². The highest BCUT2D eigenvalue weighted by Crippen LogP contribution is 2.36. The lowest BCUT2D eigenvalue weighted by molar-refractivity contribution is -0.384. The van der Waals surface area contributed by atoms with Gasteiger partial charge in [0.05, 0.1) is 8.49 Å². The molecule has 0 aliphatic heterocycles. The first kappa shape index (κ1) is 12.2. The molecule has 94 valence electrons. The molecule has 0 atom stereocenters. The summed E-state index contributed by atoms with van der Waals surface area (Å²) in [7, 11) is 0. The van der Waals surface area contributed by atoms with Crippen LogP contribution in [0.15, 0.2) is 52.9 Å². The van der Waals surface area contributed by atoms with Crippen molar-refractivity contribution >= 4 is 39.2 Å². The van der Waals surface area contributed by atoms with Gasteiger partial charge in [-0.15, -0.1) is 0 Å². The van der Waals surface area contributed by atoms with Gasteiger partial charge in [0.25, 0.3) is 5.69 Å². The van der Waals surface area contributed by atoms with Crippen molar-refractivity contribution in [1.29, 1.82) is 0 Å². The Morgan fingerprint density at radius 1 is 1.11 bits per heavy atom. The minimum atomic E-state index is -0.398. The number of furan rings is 1. The van der Waals surface area contributed by atoms with E-state index in [1.54, 1.807) is 12.1 Å². The van der Waals surface area contributed by atoms with Gasteiger partial charge in [0, 0.05) is 23.1 Å². The number of nitro benzene ring substituents is 1. The molecule has 0 unspecified atom stereocenters. The fourth-order valence-electron chi connectivity index (χ4n) is 1.94. The lowest BCUT2D eigenvalue weighted by atomic mass is 10.1. The van der Waals surface area contributed by atoms with Crippen molar-refractivity contribution in [2.45, 2.75) is 0 Å². The SMILES string of the molecule is O=[N+]([O-])c1ccc2oc(-c3ccccc3)c(I)c2c1. The number of non-ortho nitro benzene ring substituents is 1. The molecule has 0 saturated heterocycles. The van der Waals surface area contributed by atoms with E-state index in [9.17, 15) is 10.1 Å². The molecular formula is C14H8INO3. The van der Waals surface area contributed by atoms with Crippen LogP contribution >= 0.6 is 22.6 Å². The summed E-state index contributed by atoms with van der Waals surface area (Å²) in [5.41, 5.74) is 1.70. The second-order valence-electron chi connectivity index (χ2n) is 4.05. The molecule has 0 fully saturated rings. The number of benzene rings is 2. The standard InChI is InChI=1S/C14H8INO3/c15-13-11-8-10(16(17)18)6-7-12(11)19-14(13)9-4-2-1-3-5-9/h1-8H. The monoisotopic (exact) mass is 365 g/mol. The van der Waals surface area contributed by atoms with Gasteiger partial charge in [-0.25, -0.2) is 0 Å². The fraction of sp³-hybridized carbons (Fsp3) is 0. The third-order valence-corrected chi connectivity index (χ3v) is 3.93. The van der Waals surface area contributed by atoms with Crippen LogP contribution in [0.3, 0.4) is 0 Å². The molecule has 3 rings (SSSR count). The molecule has 0 aliphatic carbocycles. The third-order valence-electron chi connectivity index (χ3n) is 2.86. The van der Waals surface area contributed by atoms with Gasteiger partial charge in [-0.1, -0.05) is 30.3 Å². The maximum absolute atomic E-state index is 10.8. The number of nitrogens with zero attached hydrogens (tertiary/aromatic N) is 1. The van der Waals surface area contributed by atoms with E-state index in [4.69, 9.17) is 4.42 Å². The Kier molecular flexibility index (Phi) is 2.98. The molecule has 0 N–H and O–H groups in total. The molecule has 19 heavy (non-hydrogen) atoms. The summed E-state index contributed by atoms with van der Waals surface area (Å²) >= 11 is 2.16. The van der Waals surface area contributed by atoms with Gasteiger partial charge in [0.15, 0.2) is 0 Å². The summed E-state index contributed by atoms with van der Waals surface area (Å²) in [5.74, 6) is 0.747. The van der Waals surface area contributed by atoms with Crippen LogP contribution in [0.2, 0.25) is 0 Å². The fourth-order valence-corrected chi connectivity index (χ4v) is 2.79. The number of hydrogen-bond acceptors (Lipinski definition) is 3. The molecule has 0 spiro atoms. The highest BCUT2D eigenvalue weighted by Gasteiger charge is 2.16. The van der Waals surface area contributed by atoms with E-state index < -0.39 is 4.92 Å². The molecule has 1 aromatic heterocycles. The maximum atomic E-state index is 10.8. The smallest absolute Gasteiger partial charge is 0.270 e. The van der Waals surface area contributed by atoms with Crippen LogP contribution in [-0.4, -0.2) is 4.92 Å². The average molecular weight is 365 g/mol. The predicted molar refractivity (Wildman–Crippen MR) is 81.0 cm³/mol. The quantitative estimate of drug-likeness (QED) is 0.379. The van der Waals surface area contributed by atoms with Gasteiger partial charge in [-0.2, -0.15) is 0 Å². The van der Waals surface area contributed by atoms with Crippen molar-refractivity contribution in [3.63, 3.8) is 0 Å². The zero-order chi connectivity index (χ0) is 13.4. The first-order valence-corrected chi connectivity index (χ1v) is 6.66. The van der Waals surface area contributed by atoms with Crippen LogP contribution in [0.5, 0.6) is 0 Å². The molecule has 0 bridgehead atoms. The Morgan fingerprint density at radius 3 is 2.53 bits per heavy atom. The molecule has 3 aromatic rings. The summed E-state index contributed by atoms with van der Waals surface area (Å²) in [4.78, 5) is 10.4. The van der Waals surface area contributed by atoms with Crippen LogP contribution in [0.25, 0.3) is 22.3 Å². The number of rotatable bonds is 2. The van der Waals surface area contributed by atoms with E-state index >= 15 is 0 Å². The van der Waals surface area contributed by atoms with E-state index in [2.05, 4.69) is 22.6 Å².